The van der Waals surface area contributed by atoms with Gasteiger partial charge in [-0.25, -0.2) is 22.0 Å². The van der Waals surface area contributed by atoms with E-state index in [0.717, 1.165) is 5.69 Å². The summed E-state index contributed by atoms with van der Waals surface area (Å²) < 4.78 is 53.2. The Morgan fingerprint density at radius 1 is 0.744 bits per heavy atom. The van der Waals surface area contributed by atoms with Gasteiger partial charge in [0.05, 0.1) is 21.8 Å². The molecule has 11 nitrogen and oxygen atoms in total. The lowest BCUT2D eigenvalue weighted by atomic mass is 10.0. The van der Waals surface area contributed by atoms with E-state index >= 15 is 0 Å². The lowest BCUT2D eigenvalue weighted by molar-refractivity contribution is 0.0745. The molecule has 0 spiro atoms. The summed E-state index contributed by atoms with van der Waals surface area (Å²) in [4.78, 5) is 19.4. The quantitative estimate of drug-likeness (QED) is 0.440. The predicted octanol–water partition coefficient (Wildman–Crippen LogP) is 2.30. The third kappa shape index (κ3) is 6.09. The largest absolute Gasteiger partial charge is 0.368 e. The van der Waals surface area contributed by atoms with Crippen molar-refractivity contribution in [2.45, 2.75) is 23.6 Å². The number of hydrogen-bond donors (Lipinski definition) is 1. The van der Waals surface area contributed by atoms with Gasteiger partial charge >= 0.3 is 0 Å². The highest BCUT2D eigenvalue weighted by atomic mass is 32.2. The Hall–Kier alpha value is -3.96. The number of rotatable bonds is 6. The molecule has 226 valence electrons. The molecule has 13 heteroatoms. The van der Waals surface area contributed by atoms with Crippen molar-refractivity contribution in [3.8, 4) is 6.07 Å². The van der Waals surface area contributed by atoms with Crippen molar-refractivity contribution in [2.24, 2.45) is 5.14 Å². The van der Waals surface area contributed by atoms with Gasteiger partial charge in [0.15, 0.2) is 0 Å². The Morgan fingerprint density at radius 3 is 1.93 bits per heavy atom. The molecule has 43 heavy (non-hydrogen) atoms. The average Bonchev–Trinajstić information content (AvgIpc) is 3.00. The number of aryl methyl sites for hydroxylation is 2. The highest BCUT2D eigenvalue weighted by Crippen LogP contribution is 2.29. The SMILES string of the molecule is Cc1cc(C)c(S(=O)(=O)N2CCN(c3ccccc3C#N)CC2)cc1C(=O)N1CCN(c2ccccc2S(N)(=O)=O)CC1. The van der Waals surface area contributed by atoms with E-state index < -0.39 is 20.0 Å². The molecule has 1 amide bonds. The van der Waals surface area contributed by atoms with Gasteiger partial charge in [0.1, 0.15) is 11.0 Å². The van der Waals surface area contributed by atoms with E-state index in [1.807, 2.05) is 21.9 Å². The molecule has 3 aromatic rings. The maximum atomic E-state index is 13.8. The van der Waals surface area contributed by atoms with Crippen molar-refractivity contribution in [1.29, 1.82) is 5.26 Å². The first-order valence-electron chi connectivity index (χ1n) is 13.9. The zero-order valence-corrected chi connectivity index (χ0v) is 25.7. The first kappa shape index (κ1) is 30.5. The van der Waals surface area contributed by atoms with Gasteiger partial charge in [0.2, 0.25) is 20.0 Å². The highest BCUT2D eigenvalue weighted by molar-refractivity contribution is 7.89. The Kier molecular flexibility index (Phi) is 8.49. The van der Waals surface area contributed by atoms with E-state index in [2.05, 4.69) is 6.07 Å². The van der Waals surface area contributed by atoms with E-state index in [1.165, 1.54) is 16.4 Å². The van der Waals surface area contributed by atoms with Gasteiger partial charge in [0.25, 0.3) is 5.91 Å². The van der Waals surface area contributed by atoms with E-state index in [4.69, 9.17) is 5.14 Å². The molecule has 3 aromatic carbocycles. The second-order valence-electron chi connectivity index (χ2n) is 10.7. The number of amides is 1. The predicted molar refractivity (Wildman–Crippen MR) is 164 cm³/mol. The minimum absolute atomic E-state index is 0.0362. The fraction of sp³-hybridized carbons (Fsp3) is 0.333. The van der Waals surface area contributed by atoms with Crippen LogP contribution in [0.5, 0.6) is 0 Å². The van der Waals surface area contributed by atoms with Crippen LogP contribution in [0.4, 0.5) is 11.4 Å². The molecule has 2 saturated heterocycles. The average molecular weight is 623 g/mol. The van der Waals surface area contributed by atoms with Gasteiger partial charge in [0, 0.05) is 57.9 Å². The van der Waals surface area contributed by atoms with Gasteiger partial charge in [-0.15, -0.1) is 0 Å². The van der Waals surface area contributed by atoms with Crippen LogP contribution in [-0.4, -0.2) is 84.3 Å². The summed E-state index contributed by atoms with van der Waals surface area (Å²) in [6.45, 7) is 6.36. The van der Waals surface area contributed by atoms with Gasteiger partial charge in [-0.3, -0.25) is 4.79 Å². The Bertz CT molecular complexity index is 1800. The second-order valence-corrected chi connectivity index (χ2v) is 14.2. The van der Waals surface area contributed by atoms with Crippen molar-refractivity contribution in [3.05, 3.63) is 82.9 Å². The summed E-state index contributed by atoms with van der Waals surface area (Å²) in [5.74, 6) is -0.272. The number of primary sulfonamides is 1. The number of sulfonamides is 2. The first-order chi connectivity index (χ1) is 20.4. The molecule has 2 N–H and O–H groups in total. The summed E-state index contributed by atoms with van der Waals surface area (Å²) >= 11 is 0. The molecule has 2 fully saturated rings. The molecule has 5 rings (SSSR count). The lowest BCUT2D eigenvalue weighted by Crippen LogP contribution is -2.49. The van der Waals surface area contributed by atoms with E-state index in [0.29, 0.717) is 67.2 Å². The fourth-order valence-corrected chi connectivity index (χ4v) is 8.18. The van der Waals surface area contributed by atoms with E-state index in [-0.39, 0.29) is 28.8 Å². The Balaban J connectivity index is 1.31. The monoisotopic (exact) mass is 622 g/mol. The number of carbonyl (C=O) groups is 1. The molecule has 2 aliphatic rings. The van der Waals surface area contributed by atoms with Crippen molar-refractivity contribution in [2.75, 3.05) is 62.2 Å². The number of piperazine rings is 2. The van der Waals surface area contributed by atoms with Gasteiger partial charge in [-0.05, 0) is 55.3 Å². The third-order valence-electron chi connectivity index (χ3n) is 8.05. The summed E-state index contributed by atoms with van der Waals surface area (Å²) in [6, 6.07) is 19.2. The van der Waals surface area contributed by atoms with E-state index in [9.17, 15) is 26.9 Å². The Labute approximate surface area is 252 Å². The van der Waals surface area contributed by atoms with Crippen LogP contribution in [0.2, 0.25) is 0 Å². The molecule has 0 bridgehead atoms. The van der Waals surface area contributed by atoms with Crippen LogP contribution < -0.4 is 14.9 Å². The standard InChI is InChI=1S/C30H34N6O5S2/c1-22-19-23(2)29(43(40,41)36-17-15-33(16-18-36)26-8-4-3-7-24(26)21-31)20-25(22)30(37)35-13-11-34(12-14-35)27-9-5-6-10-28(27)42(32,38)39/h3-10,19-20H,11-18H2,1-2H3,(H2,32,38,39). The zero-order valence-electron chi connectivity index (χ0n) is 24.1. The van der Waals surface area contributed by atoms with Crippen molar-refractivity contribution in [3.63, 3.8) is 0 Å². The number of benzene rings is 3. The van der Waals surface area contributed by atoms with Crippen LogP contribution in [-0.2, 0) is 20.0 Å². The van der Waals surface area contributed by atoms with Crippen molar-refractivity contribution in [1.82, 2.24) is 9.21 Å². The third-order valence-corrected chi connectivity index (χ3v) is 11.1. The topological polar surface area (TPSA) is 148 Å². The van der Waals surface area contributed by atoms with Crippen LogP contribution >= 0.6 is 0 Å². The lowest BCUT2D eigenvalue weighted by Gasteiger charge is -2.37. The minimum atomic E-state index is -3.91. The summed E-state index contributed by atoms with van der Waals surface area (Å²) in [5.41, 5.74) is 3.40. The molecule has 0 radical (unpaired) electrons. The molecule has 0 unspecified atom stereocenters. The molecule has 0 atom stereocenters. The van der Waals surface area contributed by atoms with Crippen LogP contribution in [0.1, 0.15) is 27.0 Å². The Morgan fingerprint density at radius 2 is 1.30 bits per heavy atom. The molecule has 0 aliphatic carbocycles. The number of nitriles is 1. The number of nitrogens with zero attached hydrogens (tertiary/aromatic N) is 5. The number of carbonyl (C=O) groups excluding carboxylic acids is 1. The summed E-state index contributed by atoms with van der Waals surface area (Å²) in [6.07, 6.45) is 0. The number of para-hydroxylation sites is 2. The zero-order chi connectivity index (χ0) is 30.9. The molecular weight excluding hydrogens is 589 g/mol. The fourth-order valence-electron chi connectivity index (χ4n) is 5.77. The normalized spacial score (nSPS) is 16.7. The van der Waals surface area contributed by atoms with E-state index in [1.54, 1.807) is 55.1 Å². The van der Waals surface area contributed by atoms with Crippen LogP contribution in [0.25, 0.3) is 0 Å². The summed E-state index contributed by atoms with van der Waals surface area (Å²) in [5, 5.41) is 14.9. The van der Waals surface area contributed by atoms with Crippen LogP contribution in [0, 0.1) is 25.2 Å². The molecule has 2 aliphatic heterocycles. The minimum Gasteiger partial charge on any atom is -0.368 e. The first-order valence-corrected chi connectivity index (χ1v) is 16.9. The van der Waals surface area contributed by atoms with Gasteiger partial charge < -0.3 is 14.7 Å². The maximum absolute atomic E-state index is 13.8. The molecule has 2 heterocycles. The van der Waals surface area contributed by atoms with Crippen molar-refractivity contribution >= 4 is 37.3 Å². The number of hydrogen-bond acceptors (Lipinski definition) is 8. The number of anilines is 2. The van der Waals surface area contributed by atoms with Crippen molar-refractivity contribution < 1.29 is 21.6 Å². The molecule has 0 saturated carbocycles. The highest BCUT2D eigenvalue weighted by Gasteiger charge is 2.32. The van der Waals surface area contributed by atoms with Gasteiger partial charge in [-0.2, -0.15) is 9.57 Å². The summed E-state index contributed by atoms with van der Waals surface area (Å²) in [7, 11) is -7.80. The second kappa shape index (κ2) is 12.0. The molecule has 0 aromatic heterocycles. The van der Waals surface area contributed by atoms with Gasteiger partial charge in [-0.1, -0.05) is 30.3 Å². The van der Waals surface area contributed by atoms with Crippen LogP contribution in [0.15, 0.2) is 70.5 Å². The maximum Gasteiger partial charge on any atom is 0.254 e. The smallest absolute Gasteiger partial charge is 0.254 e. The van der Waals surface area contributed by atoms with Crippen LogP contribution in [0.3, 0.4) is 0 Å². The molecular formula is C30H34N6O5S2. The number of nitrogens with two attached hydrogens (primary N) is 1.